The Hall–Kier alpha value is -1.57. The van der Waals surface area contributed by atoms with Crippen LogP contribution in [0.4, 0.5) is 5.69 Å². The highest BCUT2D eigenvalue weighted by atomic mass is 31.2. The van der Waals surface area contributed by atoms with Crippen molar-refractivity contribution in [3.05, 3.63) is 65.7 Å². The lowest BCUT2D eigenvalue weighted by molar-refractivity contribution is -0.0518. The summed E-state index contributed by atoms with van der Waals surface area (Å²) in [5.74, 6) is 0.887. The zero-order chi connectivity index (χ0) is 34.6. The fourth-order valence-corrected chi connectivity index (χ4v) is 8.47. The van der Waals surface area contributed by atoms with Crippen LogP contribution in [0.25, 0.3) is 0 Å². The molecular weight excluding hydrogens is 633 g/mol. The zero-order valence-electron chi connectivity index (χ0n) is 30.8. The van der Waals surface area contributed by atoms with Crippen LogP contribution in [0.1, 0.15) is 140 Å². The number of phosphoric acid groups is 1. The van der Waals surface area contributed by atoms with Crippen molar-refractivity contribution in [1.82, 2.24) is 4.48 Å². The summed E-state index contributed by atoms with van der Waals surface area (Å²) < 4.78 is 37.4. The fourth-order valence-electron chi connectivity index (χ4n) is 7.53. The number of benzene rings is 2. The molecule has 0 spiro atoms. The lowest BCUT2D eigenvalue weighted by atomic mass is 9.85. The molecule has 7 nitrogen and oxygen atoms in total. The first-order valence-corrected chi connectivity index (χ1v) is 21.2. The van der Waals surface area contributed by atoms with Crippen molar-refractivity contribution in [2.45, 2.75) is 142 Å². The molecule has 2 aromatic carbocycles. The molecule has 0 saturated carbocycles. The molecule has 5 rings (SSSR count). The summed E-state index contributed by atoms with van der Waals surface area (Å²) >= 11 is 0. The van der Waals surface area contributed by atoms with Crippen LogP contribution in [0.3, 0.4) is 0 Å². The zero-order valence-corrected chi connectivity index (χ0v) is 31.7. The van der Waals surface area contributed by atoms with E-state index in [9.17, 15) is 9.46 Å². The van der Waals surface area contributed by atoms with Gasteiger partial charge in [0, 0.05) is 31.9 Å². The van der Waals surface area contributed by atoms with Crippen molar-refractivity contribution in [3.63, 3.8) is 0 Å². The first-order valence-electron chi connectivity index (χ1n) is 19.7. The largest absolute Gasteiger partial charge is 0.472 e. The van der Waals surface area contributed by atoms with Gasteiger partial charge in [-0.05, 0) is 36.5 Å². The molecule has 3 heterocycles. The normalized spacial score (nSPS) is 21.4. The molecule has 0 aromatic heterocycles. The number of unbranched alkanes of at least 4 members (excludes halogenated alkanes) is 13. The van der Waals surface area contributed by atoms with Gasteiger partial charge in [0.25, 0.3) is 0 Å². The number of quaternary nitrogens is 1. The third-order valence-corrected chi connectivity index (χ3v) is 11.8. The maximum absolute atomic E-state index is 13.1. The van der Waals surface area contributed by atoms with E-state index in [2.05, 4.69) is 19.1 Å². The van der Waals surface area contributed by atoms with Gasteiger partial charge in [0.1, 0.15) is 11.8 Å². The molecule has 2 aromatic rings. The quantitative estimate of drug-likeness (QED) is 0.0568. The molecule has 49 heavy (non-hydrogen) atoms. The molecule has 3 aliphatic rings. The van der Waals surface area contributed by atoms with Crippen molar-refractivity contribution in [2.24, 2.45) is 5.92 Å². The van der Waals surface area contributed by atoms with Gasteiger partial charge in [-0.25, -0.2) is 4.57 Å². The second kappa shape index (κ2) is 22.4. The maximum atomic E-state index is 13.1. The van der Waals surface area contributed by atoms with Gasteiger partial charge in [-0.1, -0.05) is 133 Å². The highest BCUT2D eigenvalue weighted by Gasteiger charge is 2.41. The number of nitrogens with zero attached hydrogens (tertiary/aromatic N) is 1. The first kappa shape index (κ1) is 40.2. The van der Waals surface area contributed by atoms with Crippen molar-refractivity contribution in [2.75, 3.05) is 39.5 Å². The van der Waals surface area contributed by atoms with E-state index in [1.54, 1.807) is 0 Å². The van der Waals surface area contributed by atoms with Crippen molar-refractivity contribution in [3.8, 4) is 0 Å². The molecule has 3 atom stereocenters. The smallest absolute Gasteiger partial charge is 0.379 e. The summed E-state index contributed by atoms with van der Waals surface area (Å²) in [7, 11) is -4.34. The molecule has 276 valence electrons. The number of hydrogen-bond donors (Lipinski definition) is 1. The Kier molecular flexibility index (Phi) is 18.4. The minimum absolute atomic E-state index is 0.0900. The lowest BCUT2D eigenvalue weighted by Crippen LogP contribution is -2.59. The topological polar surface area (TPSA) is 74.2 Å². The Labute approximate surface area is 298 Å². The van der Waals surface area contributed by atoms with Gasteiger partial charge in [0.2, 0.25) is 0 Å². The van der Waals surface area contributed by atoms with E-state index in [0.717, 1.165) is 34.4 Å². The van der Waals surface area contributed by atoms with Crippen LogP contribution in [-0.4, -0.2) is 50.5 Å². The van der Waals surface area contributed by atoms with Crippen molar-refractivity contribution < 1.29 is 28.0 Å². The van der Waals surface area contributed by atoms with E-state index in [0.29, 0.717) is 19.8 Å². The van der Waals surface area contributed by atoms with Gasteiger partial charge in [-0.15, -0.1) is 0 Å². The van der Waals surface area contributed by atoms with Crippen LogP contribution in [0.15, 0.2) is 54.6 Å². The Morgan fingerprint density at radius 2 is 1.37 bits per heavy atom. The Morgan fingerprint density at radius 3 is 1.98 bits per heavy atom. The summed E-state index contributed by atoms with van der Waals surface area (Å²) in [6.45, 7) is 8.85. The standard InChI is InChI=1S/C41H66NO6P/c1-3-4-5-6-7-8-9-10-11-12-13-14-15-19-31-45-34-41(46-33-38-21-17-16-18-22-38)35-47-49(43,44)48-36(2)39-23-20-24-40(32-39)42-28-25-37(26-29-42)27-30-42/h16-18,20-24,32,36-37,41H,3-15,19,25-31,33-35H2,1-2H3/p+1. The van der Waals surface area contributed by atoms with E-state index >= 15 is 0 Å². The van der Waals surface area contributed by atoms with E-state index in [1.165, 1.54) is 122 Å². The number of hydrogen-bond acceptors (Lipinski definition) is 5. The average Bonchev–Trinajstić information content (AvgIpc) is 3.13. The van der Waals surface area contributed by atoms with Gasteiger partial charge in [-0.3, -0.25) is 13.5 Å². The van der Waals surface area contributed by atoms with Gasteiger partial charge in [-0.2, -0.15) is 0 Å². The van der Waals surface area contributed by atoms with Crippen LogP contribution in [0, 0.1) is 5.92 Å². The Bertz CT molecular complexity index is 1190. The van der Waals surface area contributed by atoms with E-state index in [1.807, 2.05) is 49.4 Å². The predicted molar refractivity (Wildman–Crippen MR) is 202 cm³/mol. The second-order valence-electron chi connectivity index (χ2n) is 14.7. The minimum atomic E-state index is -4.34. The molecule has 3 fully saturated rings. The predicted octanol–water partition coefficient (Wildman–Crippen LogP) is 11.1. The average molecular weight is 701 g/mol. The SMILES string of the molecule is CCCCCCCCCCCCCCCCOCC(COP(=O)(O)OC(C)c1cccc([N+]23CCC(CC2)CC3)c1)OCc1ccccc1. The third-order valence-electron chi connectivity index (χ3n) is 10.8. The van der Waals surface area contributed by atoms with Gasteiger partial charge < -0.3 is 14.4 Å². The molecule has 2 bridgehead atoms. The molecular formula is C41H67NO6P+. The van der Waals surface area contributed by atoms with E-state index < -0.39 is 20.0 Å². The minimum Gasteiger partial charge on any atom is -0.379 e. The fraction of sp³-hybridized carbons (Fsp3) is 0.707. The highest BCUT2D eigenvalue weighted by Crippen LogP contribution is 2.48. The summed E-state index contributed by atoms with van der Waals surface area (Å²) in [6, 6.07) is 18.3. The van der Waals surface area contributed by atoms with Crippen molar-refractivity contribution >= 4 is 13.5 Å². The molecule has 3 saturated heterocycles. The monoisotopic (exact) mass is 700 g/mol. The van der Waals surface area contributed by atoms with Crippen LogP contribution < -0.4 is 4.48 Å². The molecule has 8 heteroatoms. The summed E-state index contributed by atoms with van der Waals surface area (Å²) in [4.78, 5) is 10.7. The van der Waals surface area contributed by atoms with Crippen LogP contribution >= 0.6 is 7.82 Å². The van der Waals surface area contributed by atoms with Crippen molar-refractivity contribution in [1.29, 1.82) is 0 Å². The summed E-state index contributed by atoms with van der Waals surface area (Å²) in [5.41, 5.74) is 3.20. The van der Waals surface area contributed by atoms with E-state index in [4.69, 9.17) is 18.5 Å². The second-order valence-corrected chi connectivity index (χ2v) is 16.2. The number of phosphoric ester groups is 1. The molecule has 0 amide bonds. The van der Waals surface area contributed by atoms with Gasteiger partial charge in [0.15, 0.2) is 0 Å². The lowest BCUT2D eigenvalue weighted by Gasteiger charge is -2.48. The van der Waals surface area contributed by atoms with E-state index in [-0.39, 0.29) is 6.61 Å². The number of fused-ring (bicyclic) bond motifs is 3. The summed E-state index contributed by atoms with van der Waals surface area (Å²) in [5, 5.41) is 0. The van der Waals surface area contributed by atoms with Crippen LogP contribution in [0.2, 0.25) is 0 Å². The number of ether oxygens (including phenoxy) is 2. The Balaban J connectivity index is 1.14. The number of rotatable bonds is 27. The maximum Gasteiger partial charge on any atom is 0.472 e. The van der Waals surface area contributed by atoms with Gasteiger partial charge >= 0.3 is 7.82 Å². The molecule has 3 aliphatic heterocycles. The molecule has 0 radical (unpaired) electrons. The summed E-state index contributed by atoms with van der Waals surface area (Å²) in [6.07, 6.45) is 21.3. The molecule has 0 aliphatic carbocycles. The van der Waals surface area contributed by atoms with Crippen LogP contribution in [-0.2, 0) is 29.7 Å². The Morgan fingerprint density at radius 1 is 0.776 bits per heavy atom. The first-order chi connectivity index (χ1) is 23.9. The molecule has 1 N–H and O–H groups in total. The van der Waals surface area contributed by atoms with Crippen LogP contribution in [0.5, 0.6) is 0 Å². The third kappa shape index (κ3) is 14.9. The number of piperidine rings is 3. The van der Waals surface area contributed by atoms with Gasteiger partial charge in [0.05, 0.1) is 45.6 Å². The highest BCUT2D eigenvalue weighted by molar-refractivity contribution is 7.47. The molecule has 3 unspecified atom stereocenters.